The van der Waals surface area contributed by atoms with E-state index in [1.807, 2.05) is 0 Å². The van der Waals surface area contributed by atoms with E-state index in [0.717, 1.165) is 19.3 Å². The van der Waals surface area contributed by atoms with E-state index in [2.05, 4.69) is 19.2 Å². The summed E-state index contributed by atoms with van der Waals surface area (Å²) in [6.07, 6.45) is 3.22. The van der Waals surface area contributed by atoms with Crippen molar-refractivity contribution in [3.63, 3.8) is 0 Å². The van der Waals surface area contributed by atoms with Gasteiger partial charge < -0.3 is 11.1 Å². The standard InChI is InChI=1S/C15H21FN2O/c1-3-10-4-7-14(9(10)2)18-15(19)12-8-11(17)5-6-13(12)16/h5-6,8-10,14H,3-4,7,17H2,1-2H3,(H,18,19). The average molecular weight is 264 g/mol. The lowest BCUT2D eigenvalue weighted by atomic mass is 9.93. The summed E-state index contributed by atoms with van der Waals surface area (Å²) in [5.41, 5.74) is 6.03. The van der Waals surface area contributed by atoms with Crippen LogP contribution in [0.4, 0.5) is 10.1 Å². The number of benzene rings is 1. The Hall–Kier alpha value is -1.58. The number of amides is 1. The van der Waals surface area contributed by atoms with E-state index in [0.29, 0.717) is 17.5 Å². The molecule has 1 aliphatic rings. The molecule has 1 aromatic carbocycles. The van der Waals surface area contributed by atoms with Gasteiger partial charge in [-0.25, -0.2) is 4.39 Å². The van der Waals surface area contributed by atoms with Crippen LogP contribution in [0.3, 0.4) is 0 Å². The molecule has 2 rings (SSSR count). The number of nitrogens with one attached hydrogen (secondary N) is 1. The molecule has 3 unspecified atom stereocenters. The molecule has 1 aliphatic carbocycles. The Bertz CT molecular complexity index is 475. The van der Waals surface area contributed by atoms with Crippen molar-refractivity contribution >= 4 is 11.6 Å². The van der Waals surface area contributed by atoms with Crippen molar-refractivity contribution in [1.82, 2.24) is 5.32 Å². The summed E-state index contributed by atoms with van der Waals surface area (Å²) in [6.45, 7) is 4.32. The van der Waals surface area contributed by atoms with Gasteiger partial charge in [-0.15, -0.1) is 0 Å². The molecule has 104 valence electrons. The van der Waals surface area contributed by atoms with E-state index in [-0.39, 0.29) is 17.5 Å². The third-order valence-electron chi connectivity index (χ3n) is 4.30. The van der Waals surface area contributed by atoms with Crippen LogP contribution in [0.15, 0.2) is 18.2 Å². The number of nitrogens with two attached hydrogens (primary N) is 1. The van der Waals surface area contributed by atoms with Gasteiger partial charge in [-0.1, -0.05) is 20.3 Å². The van der Waals surface area contributed by atoms with Crippen LogP contribution in [0.25, 0.3) is 0 Å². The average Bonchev–Trinajstić information content (AvgIpc) is 2.73. The molecule has 1 saturated carbocycles. The molecule has 0 spiro atoms. The molecule has 19 heavy (non-hydrogen) atoms. The maximum Gasteiger partial charge on any atom is 0.254 e. The van der Waals surface area contributed by atoms with Crippen LogP contribution in [-0.2, 0) is 0 Å². The Balaban J connectivity index is 2.07. The van der Waals surface area contributed by atoms with Crippen molar-refractivity contribution < 1.29 is 9.18 Å². The van der Waals surface area contributed by atoms with Crippen LogP contribution in [0.1, 0.15) is 43.5 Å². The molecule has 0 bridgehead atoms. The van der Waals surface area contributed by atoms with Crippen molar-refractivity contribution in [2.24, 2.45) is 11.8 Å². The van der Waals surface area contributed by atoms with E-state index < -0.39 is 5.82 Å². The van der Waals surface area contributed by atoms with E-state index in [9.17, 15) is 9.18 Å². The van der Waals surface area contributed by atoms with Crippen LogP contribution in [0, 0.1) is 17.7 Å². The Kier molecular flexibility index (Phi) is 4.08. The van der Waals surface area contributed by atoms with Crippen molar-refractivity contribution in [2.75, 3.05) is 5.73 Å². The molecule has 0 aromatic heterocycles. The van der Waals surface area contributed by atoms with Crippen molar-refractivity contribution in [3.05, 3.63) is 29.6 Å². The minimum absolute atomic E-state index is 0.0344. The summed E-state index contributed by atoms with van der Waals surface area (Å²) in [6, 6.07) is 4.22. The highest BCUT2D eigenvalue weighted by molar-refractivity contribution is 5.95. The molecule has 1 fully saturated rings. The summed E-state index contributed by atoms with van der Waals surface area (Å²) in [5.74, 6) is 0.205. The zero-order valence-electron chi connectivity index (χ0n) is 11.4. The third kappa shape index (κ3) is 2.88. The lowest BCUT2D eigenvalue weighted by molar-refractivity contribution is 0.0922. The highest BCUT2D eigenvalue weighted by Crippen LogP contribution is 2.34. The number of carbonyl (C=O) groups is 1. The first-order valence-corrected chi connectivity index (χ1v) is 6.88. The van der Waals surface area contributed by atoms with E-state index in [1.54, 1.807) is 0 Å². The molecular formula is C15H21FN2O. The molecule has 0 heterocycles. The maximum atomic E-state index is 13.6. The van der Waals surface area contributed by atoms with Crippen molar-refractivity contribution in [2.45, 2.75) is 39.2 Å². The fourth-order valence-corrected chi connectivity index (χ4v) is 2.99. The Labute approximate surface area is 113 Å². The van der Waals surface area contributed by atoms with Gasteiger partial charge in [-0.3, -0.25) is 4.79 Å². The lowest BCUT2D eigenvalue weighted by Gasteiger charge is -2.21. The lowest BCUT2D eigenvalue weighted by Crippen LogP contribution is -2.37. The number of hydrogen-bond donors (Lipinski definition) is 2. The molecule has 3 atom stereocenters. The molecule has 4 heteroatoms. The van der Waals surface area contributed by atoms with E-state index >= 15 is 0 Å². The number of nitrogen functional groups attached to an aromatic ring is 1. The normalized spacial score (nSPS) is 26.4. The largest absolute Gasteiger partial charge is 0.399 e. The Morgan fingerprint density at radius 2 is 2.21 bits per heavy atom. The minimum Gasteiger partial charge on any atom is -0.399 e. The molecule has 3 N–H and O–H groups in total. The second kappa shape index (κ2) is 5.59. The van der Waals surface area contributed by atoms with Gasteiger partial charge in [0.2, 0.25) is 0 Å². The molecular weight excluding hydrogens is 243 g/mol. The first-order chi connectivity index (χ1) is 9.02. The van der Waals surface area contributed by atoms with Gasteiger partial charge >= 0.3 is 0 Å². The summed E-state index contributed by atoms with van der Waals surface area (Å²) >= 11 is 0. The van der Waals surface area contributed by atoms with Crippen molar-refractivity contribution in [1.29, 1.82) is 0 Å². The maximum absolute atomic E-state index is 13.6. The molecule has 0 radical (unpaired) electrons. The Morgan fingerprint density at radius 1 is 1.47 bits per heavy atom. The number of anilines is 1. The zero-order chi connectivity index (χ0) is 14.0. The van der Waals surface area contributed by atoms with Gasteiger partial charge in [0, 0.05) is 11.7 Å². The fourth-order valence-electron chi connectivity index (χ4n) is 2.99. The van der Waals surface area contributed by atoms with Crippen LogP contribution in [0.5, 0.6) is 0 Å². The second-order valence-electron chi connectivity index (χ2n) is 5.42. The summed E-state index contributed by atoms with van der Waals surface area (Å²) in [7, 11) is 0. The van der Waals surface area contributed by atoms with Gasteiger partial charge in [-0.2, -0.15) is 0 Å². The summed E-state index contributed by atoms with van der Waals surface area (Å²) in [4.78, 5) is 12.1. The smallest absolute Gasteiger partial charge is 0.254 e. The molecule has 1 amide bonds. The van der Waals surface area contributed by atoms with Crippen LogP contribution < -0.4 is 11.1 Å². The van der Waals surface area contributed by atoms with Crippen molar-refractivity contribution in [3.8, 4) is 0 Å². The second-order valence-corrected chi connectivity index (χ2v) is 5.42. The topological polar surface area (TPSA) is 55.1 Å². The first-order valence-electron chi connectivity index (χ1n) is 6.88. The van der Waals surface area contributed by atoms with Crippen LogP contribution in [-0.4, -0.2) is 11.9 Å². The zero-order valence-corrected chi connectivity index (χ0v) is 11.4. The number of hydrogen-bond acceptors (Lipinski definition) is 2. The fraction of sp³-hybridized carbons (Fsp3) is 0.533. The predicted molar refractivity (Wildman–Crippen MR) is 74.2 cm³/mol. The van der Waals surface area contributed by atoms with E-state index in [1.165, 1.54) is 18.2 Å². The molecule has 1 aromatic rings. The SMILES string of the molecule is CCC1CCC(NC(=O)c2cc(N)ccc2F)C1C. The summed E-state index contributed by atoms with van der Waals surface area (Å²) in [5, 5.41) is 2.94. The molecule has 0 saturated heterocycles. The number of carbonyl (C=O) groups excluding carboxylic acids is 1. The first kappa shape index (κ1) is 13.8. The molecule has 3 nitrogen and oxygen atoms in total. The monoisotopic (exact) mass is 264 g/mol. The quantitative estimate of drug-likeness (QED) is 0.825. The van der Waals surface area contributed by atoms with E-state index in [4.69, 9.17) is 5.73 Å². The number of rotatable bonds is 3. The third-order valence-corrected chi connectivity index (χ3v) is 4.30. The molecule has 0 aliphatic heterocycles. The van der Waals surface area contributed by atoms with Gasteiger partial charge in [0.15, 0.2) is 0 Å². The predicted octanol–water partition coefficient (Wildman–Crippen LogP) is 2.96. The number of halogens is 1. The van der Waals surface area contributed by atoms with Crippen LogP contribution in [0.2, 0.25) is 0 Å². The highest BCUT2D eigenvalue weighted by Gasteiger charge is 2.32. The summed E-state index contributed by atoms with van der Waals surface area (Å²) < 4.78 is 13.6. The van der Waals surface area contributed by atoms with Gasteiger partial charge in [0.1, 0.15) is 5.82 Å². The van der Waals surface area contributed by atoms with Crippen LogP contribution >= 0.6 is 0 Å². The minimum atomic E-state index is -0.524. The highest BCUT2D eigenvalue weighted by atomic mass is 19.1. The van der Waals surface area contributed by atoms with Gasteiger partial charge in [0.25, 0.3) is 5.91 Å². The Morgan fingerprint density at radius 3 is 2.84 bits per heavy atom. The van der Waals surface area contributed by atoms with Gasteiger partial charge in [0.05, 0.1) is 5.56 Å². The van der Waals surface area contributed by atoms with Gasteiger partial charge in [-0.05, 0) is 42.9 Å².